The number of ether oxygens (including phenoxy) is 2. The highest BCUT2D eigenvalue weighted by Gasteiger charge is 2.18. The first kappa shape index (κ1) is 19.9. The molecule has 0 aromatic heterocycles. The summed E-state index contributed by atoms with van der Waals surface area (Å²) in [7, 11) is 1.66. The highest BCUT2D eigenvalue weighted by molar-refractivity contribution is 14.0. The molecule has 0 spiro atoms. The van der Waals surface area contributed by atoms with Crippen LogP contribution in [-0.4, -0.2) is 25.2 Å². The van der Waals surface area contributed by atoms with Gasteiger partial charge in [-0.15, -0.1) is 24.0 Å². The summed E-state index contributed by atoms with van der Waals surface area (Å²) in [4.78, 5) is 4.39. The highest BCUT2D eigenvalue weighted by atomic mass is 127. The summed E-state index contributed by atoms with van der Waals surface area (Å²) in [6.45, 7) is 4.56. The van der Waals surface area contributed by atoms with Crippen molar-refractivity contribution in [1.29, 1.82) is 0 Å². The van der Waals surface area contributed by atoms with Crippen LogP contribution in [0, 0.1) is 0 Å². The van der Waals surface area contributed by atoms with Crippen LogP contribution in [0.15, 0.2) is 23.2 Å². The van der Waals surface area contributed by atoms with Crippen molar-refractivity contribution in [1.82, 2.24) is 5.32 Å². The Morgan fingerprint density at radius 3 is 2.65 bits per heavy atom. The third-order valence-electron chi connectivity index (χ3n) is 3.73. The van der Waals surface area contributed by atoms with E-state index in [0.29, 0.717) is 18.6 Å². The molecule has 0 atom stereocenters. The maximum absolute atomic E-state index is 6.15. The Morgan fingerprint density at radius 1 is 1.35 bits per heavy atom. The Balaban J connectivity index is 0.00000264. The Bertz CT molecular complexity index is 515. The Morgan fingerprint density at radius 2 is 2.04 bits per heavy atom. The van der Waals surface area contributed by atoms with Gasteiger partial charge in [-0.05, 0) is 51.7 Å². The largest absolute Gasteiger partial charge is 0.497 e. The standard InChI is InChI=1S/C17H27N3O2.HI/c1-12(2)20-17(18)19-11-13-8-9-15(21-3)10-16(13)22-14-6-4-5-7-14;/h8-10,12,14H,4-7,11H2,1-3H3,(H3,18,19,20);1H. The van der Waals surface area contributed by atoms with Gasteiger partial charge in [0, 0.05) is 17.7 Å². The van der Waals surface area contributed by atoms with Crippen molar-refractivity contribution in [3.63, 3.8) is 0 Å². The van der Waals surface area contributed by atoms with Crippen LogP contribution in [0.1, 0.15) is 45.1 Å². The molecule has 3 N–H and O–H groups in total. The minimum atomic E-state index is 0. The smallest absolute Gasteiger partial charge is 0.189 e. The molecule has 130 valence electrons. The number of hydrogen-bond donors (Lipinski definition) is 2. The topological polar surface area (TPSA) is 68.9 Å². The number of aliphatic imine (C=N–C) groups is 1. The van der Waals surface area contributed by atoms with Gasteiger partial charge in [0.05, 0.1) is 19.8 Å². The Labute approximate surface area is 156 Å². The molecule has 0 aliphatic heterocycles. The van der Waals surface area contributed by atoms with E-state index >= 15 is 0 Å². The molecule has 23 heavy (non-hydrogen) atoms. The molecule has 5 nitrogen and oxygen atoms in total. The highest BCUT2D eigenvalue weighted by Crippen LogP contribution is 2.30. The van der Waals surface area contributed by atoms with Crippen molar-refractivity contribution in [2.45, 2.75) is 58.2 Å². The van der Waals surface area contributed by atoms with Crippen molar-refractivity contribution in [2.24, 2.45) is 10.7 Å². The van der Waals surface area contributed by atoms with Crippen molar-refractivity contribution >= 4 is 29.9 Å². The Hall–Kier alpha value is -1.18. The number of halogens is 1. The number of rotatable bonds is 6. The fraction of sp³-hybridized carbons (Fsp3) is 0.588. The fourth-order valence-electron chi connectivity index (χ4n) is 2.60. The molecule has 0 amide bonds. The SMILES string of the molecule is COc1ccc(CN=C(N)NC(C)C)c(OC2CCCC2)c1.I. The van der Waals surface area contributed by atoms with Gasteiger partial charge in [-0.1, -0.05) is 0 Å². The molecule has 1 aromatic rings. The van der Waals surface area contributed by atoms with E-state index in [-0.39, 0.29) is 30.0 Å². The van der Waals surface area contributed by atoms with Crippen LogP contribution >= 0.6 is 24.0 Å². The lowest BCUT2D eigenvalue weighted by Gasteiger charge is -2.17. The van der Waals surface area contributed by atoms with Crippen LogP contribution in [0.25, 0.3) is 0 Å². The molecule has 0 unspecified atom stereocenters. The van der Waals surface area contributed by atoms with Crippen LogP contribution in [0.2, 0.25) is 0 Å². The first-order valence-electron chi connectivity index (χ1n) is 7.98. The van der Waals surface area contributed by atoms with E-state index in [4.69, 9.17) is 15.2 Å². The average molecular weight is 433 g/mol. The van der Waals surface area contributed by atoms with Crippen molar-refractivity contribution in [3.8, 4) is 11.5 Å². The maximum Gasteiger partial charge on any atom is 0.189 e. The first-order valence-corrected chi connectivity index (χ1v) is 7.98. The van der Waals surface area contributed by atoms with Crippen molar-refractivity contribution in [3.05, 3.63) is 23.8 Å². The summed E-state index contributed by atoms with van der Waals surface area (Å²) in [5.41, 5.74) is 6.89. The van der Waals surface area contributed by atoms with Gasteiger partial charge >= 0.3 is 0 Å². The van der Waals surface area contributed by atoms with E-state index in [1.165, 1.54) is 12.8 Å². The minimum absolute atomic E-state index is 0. The summed E-state index contributed by atoms with van der Waals surface area (Å²) in [5.74, 6) is 2.11. The van der Waals surface area contributed by atoms with Gasteiger partial charge in [-0.25, -0.2) is 4.99 Å². The number of guanidine groups is 1. The predicted octanol–water partition coefficient (Wildman–Crippen LogP) is 3.45. The lowest BCUT2D eigenvalue weighted by atomic mass is 10.2. The van der Waals surface area contributed by atoms with E-state index in [1.807, 2.05) is 32.0 Å². The number of benzene rings is 1. The van der Waals surface area contributed by atoms with Crippen LogP contribution in [0.3, 0.4) is 0 Å². The van der Waals surface area contributed by atoms with Crippen LogP contribution in [0.4, 0.5) is 0 Å². The first-order chi connectivity index (χ1) is 10.6. The molecule has 6 heteroatoms. The maximum atomic E-state index is 6.15. The molecule has 2 rings (SSSR count). The lowest BCUT2D eigenvalue weighted by Crippen LogP contribution is -2.36. The summed E-state index contributed by atoms with van der Waals surface area (Å²) >= 11 is 0. The van der Waals surface area contributed by atoms with Gasteiger partial charge in [-0.3, -0.25) is 0 Å². The second kappa shape index (κ2) is 9.85. The monoisotopic (exact) mass is 433 g/mol. The van der Waals surface area contributed by atoms with Crippen molar-refractivity contribution in [2.75, 3.05) is 7.11 Å². The zero-order chi connectivity index (χ0) is 15.9. The fourth-order valence-corrected chi connectivity index (χ4v) is 2.60. The molecule has 1 aromatic carbocycles. The van der Waals surface area contributed by atoms with Gasteiger partial charge < -0.3 is 20.5 Å². The van der Waals surface area contributed by atoms with Gasteiger partial charge in [0.1, 0.15) is 11.5 Å². The van der Waals surface area contributed by atoms with E-state index in [1.54, 1.807) is 7.11 Å². The second-order valence-corrected chi connectivity index (χ2v) is 6.00. The molecular formula is C17H28IN3O2. The van der Waals surface area contributed by atoms with Gasteiger partial charge in [0.15, 0.2) is 5.96 Å². The zero-order valence-corrected chi connectivity index (χ0v) is 16.5. The van der Waals surface area contributed by atoms with E-state index < -0.39 is 0 Å². The van der Waals surface area contributed by atoms with Gasteiger partial charge in [-0.2, -0.15) is 0 Å². The molecule has 0 radical (unpaired) electrons. The summed E-state index contributed by atoms with van der Waals surface area (Å²) in [5, 5.41) is 3.09. The van der Waals surface area contributed by atoms with Gasteiger partial charge in [0.2, 0.25) is 0 Å². The normalized spacial score (nSPS) is 15.4. The lowest BCUT2D eigenvalue weighted by molar-refractivity contribution is 0.207. The van der Waals surface area contributed by atoms with Gasteiger partial charge in [0.25, 0.3) is 0 Å². The number of hydrogen-bond acceptors (Lipinski definition) is 3. The molecule has 1 aliphatic carbocycles. The predicted molar refractivity (Wildman–Crippen MR) is 105 cm³/mol. The number of methoxy groups -OCH3 is 1. The van der Waals surface area contributed by atoms with E-state index in [9.17, 15) is 0 Å². The molecular weight excluding hydrogens is 405 g/mol. The van der Waals surface area contributed by atoms with E-state index in [2.05, 4.69) is 10.3 Å². The second-order valence-electron chi connectivity index (χ2n) is 6.00. The van der Waals surface area contributed by atoms with Crippen LogP contribution in [-0.2, 0) is 6.54 Å². The minimum Gasteiger partial charge on any atom is -0.497 e. The molecule has 0 saturated heterocycles. The number of nitrogens with one attached hydrogen (secondary N) is 1. The number of nitrogens with zero attached hydrogens (tertiary/aromatic N) is 1. The van der Waals surface area contributed by atoms with Crippen LogP contribution in [0.5, 0.6) is 11.5 Å². The average Bonchev–Trinajstić information content (AvgIpc) is 2.98. The van der Waals surface area contributed by atoms with Crippen LogP contribution < -0.4 is 20.5 Å². The van der Waals surface area contributed by atoms with Crippen molar-refractivity contribution < 1.29 is 9.47 Å². The molecule has 0 bridgehead atoms. The van der Waals surface area contributed by atoms with E-state index in [0.717, 1.165) is 29.9 Å². The third-order valence-corrected chi connectivity index (χ3v) is 3.73. The summed E-state index contributed by atoms with van der Waals surface area (Å²) in [6.07, 6.45) is 5.04. The molecule has 0 heterocycles. The molecule has 1 fully saturated rings. The zero-order valence-electron chi connectivity index (χ0n) is 14.2. The Kier molecular flexibility index (Phi) is 8.51. The number of nitrogens with two attached hydrogens (primary N) is 1. The molecule has 1 aliphatic rings. The molecule has 1 saturated carbocycles. The quantitative estimate of drug-likeness (QED) is 0.410. The summed E-state index contributed by atoms with van der Waals surface area (Å²) in [6, 6.07) is 6.14. The third kappa shape index (κ3) is 6.45. The summed E-state index contributed by atoms with van der Waals surface area (Å²) < 4.78 is 11.5.